The molecule has 1 atom stereocenters. The van der Waals surface area contributed by atoms with Gasteiger partial charge in [0.15, 0.2) is 5.92 Å². The minimum atomic E-state index is -1.11. The normalized spacial score (nSPS) is 12.1. The molecule has 0 aromatic heterocycles. The smallest absolute Gasteiger partial charge is 0.408 e. The minimum absolute atomic E-state index is 0.444. The van der Waals surface area contributed by atoms with E-state index in [2.05, 4.69) is 5.32 Å². The number of ether oxygens (including phenoxy) is 1. The summed E-state index contributed by atoms with van der Waals surface area (Å²) in [6.45, 7) is 5.10. The molecule has 1 aromatic rings. The second-order valence-electron chi connectivity index (χ2n) is 5.41. The number of nitrogens with one attached hydrogen (secondary N) is 1. The number of hydrogen-bond donors (Lipinski definition) is 1. The van der Waals surface area contributed by atoms with Gasteiger partial charge < -0.3 is 10.1 Å². The van der Waals surface area contributed by atoms with Crippen LogP contribution in [-0.2, 0) is 4.74 Å². The van der Waals surface area contributed by atoms with E-state index in [1.807, 2.05) is 12.1 Å². The fraction of sp³-hybridized carbons (Fsp3) is 0.400. The number of alkyl carbamates (subject to hydrolysis) is 1. The van der Waals surface area contributed by atoms with Crippen molar-refractivity contribution in [2.24, 2.45) is 5.92 Å². The molecule has 21 heavy (non-hydrogen) atoms. The maximum atomic E-state index is 13.0. The van der Waals surface area contributed by atoms with E-state index in [9.17, 15) is 9.18 Å². The fourth-order valence-corrected chi connectivity index (χ4v) is 1.64. The summed E-state index contributed by atoms with van der Waals surface area (Å²) >= 11 is 0. The van der Waals surface area contributed by atoms with E-state index in [1.54, 1.807) is 20.8 Å². The molecule has 0 aliphatic rings. The first kappa shape index (κ1) is 16.5. The fourth-order valence-electron chi connectivity index (χ4n) is 1.64. The van der Waals surface area contributed by atoms with Crippen LogP contribution in [0.4, 0.5) is 9.18 Å². The minimum Gasteiger partial charge on any atom is -0.444 e. The van der Waals surface area contributed by atoms with Crippen LogP contribution in [0.3, 0.4) is 0 Å². The Kier molecular flexibility index (Phi) is 5.26. The Hall–Kier alpha value is -2.60. The van der Waals surface area contributed by atoms with E-state index in [0.717, 1.165) is 0 Å². The van der Waals surface area contributed by atoms with Gasteiger partial charge in [-0.2, -0.15) is 10.5 Å². The summed E-state index contributed by atoms with van der Waals surface area (Å²) < 4.78 is 18.1. The van der Waals surface area contributed by atoms with Crippen molar-refractivity contribution in [3.63, 3.8) is 0 Å². The zero-order valence-electron chi connectivity index (χ0n) is 12.1. The van der Waals surface area contributed by atoms with Crippen LogP contribution in [0.25, 0.3) is 0 Å². The van der Waals surface area contributed by atoms with Crippen molar-refractivity contribution in [2.75, 3.05) is 0 Å². The Labute approximate surface area is 122 Å². The second-order valence-corrected chi connectivity index (χ2v) is 5.41. The molecule has 0 saturated heterocycles. The molecule has 6 heteroatoms. The van der Waals surface area contributed by atoms with Crippen LogP contribution in [0.2, 0.25) is 0 Å². The highest BCUT2D eigenvalue weighted by Gasteiger charge is 2.27. The van der Waals surface area contributed by atoms with Crippen LogP contribution in [0, 0.1) is 34.4 Å². The molecule has 0 aliphatic heterocycles. The molecule has 0 aliphatic carbocycles. The number of carbonyl (C=O) groups is 1. The standard InChI is InChI=1S/C15H16FN3O2/c1-15(2,3)21-14(20)19-13(11(8-17)9-18)10-4-6-12(16)7-5-10/h4-7,11,13H,1-3H3,(H,19,20). The summed E-state index contributed by atoms with van der Waals surface area (Å²) in [5, 5.41) is 20.5. The molecule has 110 valence electrons. The summed E-state index contributed by atoms with van der Waals surface area (Å²) in [5.74, 6) is -1.55. The van der Waals surface area contributed by atoms with Gasteiger partial charge in [-0.05, 0) is 38.5 Å². The van der Waals surface area contributed by atoms with Crippen LogP contribution in [0.15, 0.2) is 24.3 Å². The van der Waals surface area contributed by atoms with Crippen molar-refractivity contribution in [1.29, 1.82) is 10.5 Å². The summed E-state index contributed by atoms with van der Waals surface area (Å²) in [6.07, 6.45) is -0.743. The molecule has 1 rings (SSSR count). The monoisotopic (exact) mass is 289 g/mol. The lowest BCUT2D eigenvalue weighted by molar-refractivity contribution is 0.0498. The third-order valence-electron chi connectivity index (χ3n) is 2.51. The van der Waals surface area contributed by atoms with Crippen molar-refractivity contribution in [1.82, 2.24) is 5.32 Å². The van der Waals surface area contributed by atoms with Crippen molar-refractivity contribution in [2.45, 2.75) is 32.4 Å². The van der Waals surface area contributed by atoms with Gasteiger partial charge in [0.1, 0.15) is 11.4 Å². The predicted molar refractivity (Wildman–Crippen MR) is 73.2 cm³/mol. The highest BCUT2D eigenvalue weighted by atomic mass is 19.1. The number of amides is 1. The molecule has 0 heterocycles. The van der Waals surface area contributed by atoms with Crippen LogP contribution >= 0.6 is 0 Å². The lowest BCUT2D eigenvalue weighted by Gasteiger charge is -2.24. The quantitative estimate of drug-likeness (QED) is 0.926. The highest BCUT2D eigenvalue weighted by molar-refractivity contribution is 5.68. The van der Waals surface area contributed by atoms with Gasteiger partial charge >= 0.3 is 6.09 Å². The zero-order valence-corrected chi connectivity index (χ0v) is 12.1. The Morgan fingerprint density at radius 3 is 2.19 bits per heavy atom. The Morgan fingerprint density at radius 1 is 1.24 bits per heavy atom. The van der Waals surface area contributed by atoms with Crippen molar-refractivity contribution < 1.29 is 13.9 Å². The van der Waals surface area contributed by atoms with Crippen LogP contribution in [-0.4, -0.2) is 11.7 Å². The van der Waals surface area contributed by atoms with Crippen LogP contribution in [0.5, 0.6) is 0 Å². The molecule has 5 nitrogen and oxygen atoms in total. The van der Waals surface area contributed by atoms with Crippen LogP contribution in [0.1, 0.15) is 32.4 Å². The third kappa shape index (κ3) is 5.12. The van der Waals surface area contributed by atoms with E-state index >= 15 is 0 Å². The lowest BCUT2D eigenvalue weighted by Crippen LogP contribution is -2.37. The Balaban J connectivity index is 2.99. The maximum absolute atomic E-state index is 13.0. The van der Waals surface area contributed by atoms with Crippen molar-refractivity contribution in [3.05, 3.63) is 35.6 Å². The van der Waals surface area contributed by atoms with Crippen LogP contribution < -0.4 is 5.32 Å². The van der Waals surface area contributed by atoms with E-state index < -0.39 is 29.5 Å². The largest absolute Gasteiger partial charge is 0.444 e. The second kappa shape index (κ2) is 6.71. The molecule has 1 aromatic carbocycles. The Bertz CT molecular complexity index is 565. The average Bonchev–Trinajstić information content (AvgIpc) is 2.38. The molecular weight excluding hydrogens is 273 g/mol. The molecule has 1 N–H and O–H groups in total. The Morgan fingerprint density at radius 2 is 1.76 bits per heavy atom. The summed E-state index contributed by atoms with van der Waals surface area (Å²) in [7, 11) is 0. The molecule has 1 amide bonds. The van der Waals surface area contributed by atoms with Gasteiger partial charge in [-0.25, -0.2) is 9.18 Å². The van der Waals surface area contributed by atoms with Gasteiger partial charge in [-0.1, -0.05) is 12.1 Å². The van der Waals surface area contributed by atoms with E-state index in [0.29, 0.717) is 5.56 Å². The number of nitrogens with zero attached hydrogens (tertiary/aromatic N) is 2. The van der Waals surface area contributed by atoms with Crippen molar-refractivity contribution >= 4 is 6.09 Å². The average molecular weight is 289 g/mol. The molecule has 0 saturated carbocycles. The topological polar surface area (TPSA) is 85.9 Å². The summed E-state index contributed by atoms with van der Waals surface area (Å²) in [6, 6.07) is 7.95. The number of hydrogen-bond acceptors (Lipinski definition) is 4. The van der Waals surface area contributed by atoms with E-state index in [1.165, 1.54) is 24.3 Å². The summed E-state index contributed by atoms with van der Waals surface area (Å²) in [4.78, 5) is 11.8. The van der Waals surface area contributed by atoms with Gasteiger partial charge in [-0.15, -0.1) is 0 Å². The molecule has 0 bridgehead atoms. The summed E-state index contributed by atoms with van der Waals surface area (Å²) in [5.41, 5.74) is -0.248. The van der Waals surface area contributed by atoms with Gasteiger partial charge in [0, 0.05) is 0 Å². The van der Waals surface area contributed by atoms with Gasteiger partial charge in [0.2, 0.25) is 0 Å². The molecule has 0 fully saturated rings. The first-order valence-electron chi connectivity index (χ1n) is 6.31. The molecule has 0 spiro atoms. The van der Waals surface area contributed by atoms with Gasteiger partial charge in [0.25, 0.3) is 0 Å². The lowest BCUT2D eigenvalue weighted by atomic mass is 9.95. The SMILES string of the molecule is CC(C)(C)OC(=O)NC(c1ccc(F)cc1)C(C#N)C#N. The maximum Gasteiger partial charge on any atom is 0.408 e. The number of benzene rings is 1. The first-order valence-corrected chi connectivity index (χ1v) is 6.31. The highest BCUT2D eigenvalue weighted by Crippen LogP contribution is 2.22. The zero-order chi connectivity index (χ0) is 16.0. The van der Waals surface area contributed by atoms with E-state index in [-0.39, 0.29) is 0 Å². The molecule has 1 unspecified atom stereocenters. The predicted octanol–water partition coefficient (Wildman–Crippen LogP) is 3.05. The number of carbonyl (C=O) groups excluding carboxylic acids is 1. The van der Waals surface area contributed by atoms with Gasteiger partial charge in [-0.3, -0.25) is 0 Å². The van der Waals surface area contributed by atoms with Gasteiger partial charge in [0.05, 0.1) is 18.2 Å². The van der Waals surface area contributed by atoms with Crippen molar-refractivity contribution in [3.8, 4) is 12.1 Å². The number of nitriles is 2. The number of rotatable bonds is 3. The molecular formula is C15H16FN3O2. The molecule has 0 radical (unpaired) electrons. The number of halogens is 1. The van der Waals surface area contributed by atoms with E-state index in [4.69, 9.17) is 15.3 Å². The first-order chi connectivity index (χ1) is 9.76. The third-order valence-corrected chi connectivity index (χ3v) is 2.51.